The van der Waals surface area contributed by atoms with Gasteiger partial charge in [0, 0.05) is 10.4 Å². The van der Waals surface area contributed by atoms with E-state index in [4.69, 9.17) is 10.7 Å². The summed E-state index contributed by atoms with van der Waals surface area (Å²) in [4.78, 5) is 8.19. The van der Waals surface area contributed by atoms with Crippen molar-refractivity contribution in [2.75, 3.05) is 6.54 Å². The van der Waals surface area contributed by atoms with Gasteiger partial charge in [-0.2, -0.15) is 0 Å². The fourth-order valence-electron chi connectivity index (χ4n) is 2.87. The summed E-state index contributed by atoms with van der Waals surface area (Å²) in [5, 5.41) is 0. The number of nitrogens with two attached hydrogens (primary N) is 1. The van der Waals surface area contributed by atoms with Gasteiger partial charge in [-0.15, -0.1) is 0 Å². The van der Waals surface area contributed by atoms with E-state index in [2.05, 4.69) is 33.0 Å². The predicted molar refractivity (Wildman–Crippen MR) is 77.5 cm³/mol. The zero-order valence-corrected chi connectivity index (χ0v) is 11.9. The van der Waals surface area contributed by atoms with Crippen LogP contribution in [0.2, 0.25) is 0 Å². The molecule has 0 atom stereocenters. The van der Waals surface area contributed by atoms with Crippen LogP contribution in [0.4, 0.5) is 0 Å². The van der Waals surface area contributed by atoms with Gasteiger partial charge in [0.15, 0.2) is 0 Å². The third-order valence-corrected chi connectivity index (χ3v) is 4.52. The Labute approximate surface area is 115 Å². The van der Waals surface area contributed by atoms with Gasteiger partial charge in [0.05, 0.1) is 11.0 Å². The monoisotopic (exact) mass is 307 g/mol. The summed E-state index contributed by atoms with van der Waals surface area (Å²) in [7, 11) is 0. The summed E-state index contributed by atoms with van der Waals surface area (Å²) >= 11 is 3.49. The standard InChI is InChI=1S/C14H18BrN3/c15-11-5-6-12-13(7-11)18-14(17-12)10-3-1-9(8-16)2-4-10/h5-7,9-10H,1-4,8,16H2,(H,17,18). The predicted octanol–water partition coefficient (Wildman–Crippen LogP) is 3.56. The van der Waals surface area contributed by atoms with Crippen molar-refractivity contribution < 1.29 is 0 Å². The first kappa shape index (κ1) is 12.2. The van der Waals surface area contributed by atoms with Gasteiger partial charge < -0.3 is 10.7 Å². The van der Waals surface area contributed by atoms with Crippen molar-refractivity contribution >= 4 is 27.0 Å². The lowest BCUT2D eigenvalue weighted by Crippen LogP contribution is -2.21. The summed E-state index contributed by atoms with van der Waals surface area (Å²) in [6.45, 7) is 0.833. The molecule has 3 rings (SSSR count). The Balaban J connectivity index is 1.82. The molecule has 1 aliphatic carbocycles. The number of nitrogens with zero attached hydrogens (tertiary/aromatic N) is 1. The number of benzene rings is 1. The molecule has 1 aromatic heterocycles. The first-order valence-corrected chi connectivity index (χ1v) is 7.41. The number of hydrogen-bond donors (Lipinski definition) is 2. The molecule has 0 spiro atoms. The van der Waals surface area contributed by atoms with Crippen LogP contribution < -0.4 is 5.73 Å². The molecule has 0 saturated heterocycles. The van der Waals surface area contributed by atoms with E-state index >= 15 is 0 Å². The van der Waals surface area contributed by atoms with E-state index in [0.717, 1.165) is 33.8 Å². The maximum atomic E-state index is 5.74. The molecule has 0 amide bonds. The van der Waals surface area contributed by atoms with E-state index in [0.29, 0.717) is 5.92 Å². The van der Waals surface area contributed by atoms with Crippen LogP contribution in [0.25, 0.3) is 11.0 Å². The van der Waals surface area contributed by atoms with Crippen molar-refractivity contribution in [3.63, 3.8) is 0 Å². The Kier molecular flexibility index (Phi) is 3.39. The van der Waals surface area contributed by atoms with E-state index < -0.39 is 0 Å². The number of rotatable bonds is 2. The van der Waals surface area contributed by atoms with E-state index in [1.165, 1.54) is 25.7 Å². The molecule has 0 bridgehead atoms. The van der Waals surface area contributed by atoms with Crippen molar-refractivity contribution in [3.8, 4) is 0 Å². The highest BCUT2D eigenvalue weighted by Crippen LogP contribution is 2.34. The SMILES string of the molecule is NCC1CCC(c2nc3ccc(Br)cc3[nH]2)CC1. The maximum absolute atomic E-state index is 5.74. The quantitative estimate of drug-likeness (QED) is 0.891. The third-order valence-electron chi connectivity index (χ3n) is 4.03. The van der Waals surface area contributed by atoms with E-state index in [1.807, 2.05) is 6.07 Å². The summed E-state index contributed by atoms with van der Waals surface area (Å²) in [6, 6.07) is 6.19. The Hall–Kier alpha value is -0.870. The average Bonchev–Trinajstić information content (AvgIpc) is 2.81. The molecule has 4 heteroatoms. The number of fused-ring (bicyclic) bond motifs is 1. The number of hydrogen-bond acceptors (Lipinski definition) is 2. The molecule has 0 aliphatic heterocycles. The van der Waals surface area contributed by atoms with Gasteiger partial charge >= 0.3 is 0 Å². The highest BCUT2D eigenvalue weighted by Gasteiger charge is 2.23. The molecule has 2 aromatic rings. The van der Waals surface area contributed by atoms with Crippen molar-refractivity contribution in [3.05, 3.63) is 28.5 Å². The minimum Gasteiger partial charge on any atom is -0.342 e. The minimum absolute atomic E-state index is 0.582. The second-order valence-corrected chi connectivity index (χ2v) is 6.15. The van der Waals surface area contributed by atoms with Crippen LogP contribution in [0, 0.1) is 5.92 Å². The number of halogens is 1. The lowest BCUT2D eigenvalue weighted by atomic mass is 9.82. The lowest BCUT2D eigenvalue weighted by Gasteiger charge is -2.26. The molecule has 1 fully saturated rings. The van der Waals surface area contributed by atoms with Crippen LogP contribution in [0.1, 0.15) is 37.4 Å². The van der Waals surface area contributed by atoms with E-state index in [-0.39, 0.29) is 0 Å². The molecule has 3 nitrogen and oxygen atoms in total. The lowest BCUT2D eigenvalue weighted by molar-refractivity contribution is 0.326. The molecular weight excluding hydrogens is 290 g/mol. The summed E-state index contributed by atoms with van der Waals surface area (Å²) in [6.07, 6.45) is 4.90. The number of imidazole rings is 1. The van der Waals surface area contributed by atoms with Gasteiger partial charge in [0.2, 0.25) is 0 Å². The van der Waals surface area contributed by atoms with Crippen LogP contribution in [-0.2, 0) is 0 Å². The van der Waals surface area contributed by atoms with Crippen LogP contribution >= 0.6 is 15.9 Å². The van der Waals surface area contributed by atoms with Crippen molar-refractivity contribution in [1.82, 2.24) is 9.97 Å². The van der Waals surface area contributed by atoms with Crippen LogP contribution in [0.5, 0.6) is 0 Å². The Morgan fingerprint density at radius 2 is 2.06 bits per heavy atom. The number of nitrogens with one attached hydrogen (secondary N) is 1. The third kappa shape index (κ3) is 2.31. The van der Waals surface area contributed by atoms with Gasteiger partial charge in [-0.25, -0.2) is 4.98 Å². The number of H-pyrrole nitrogens is 1. The van der Waals surface area contributed by atoms with Gasteiger partial charge in [-0.1, -0.05) is 15.9 Å². The highest BCUT2D eigenvalue weighted by molar-refractivity contribution is 9.10. The molecule has 96 valence electrons. The summed E-state index contributed by atoms with van der Waals surface area (Å²) in [5.41, 5.74) is 7.93. The molecule has 0 radical (unpaired) electrons. The zero-order valence-electron chi connectivity index (χ0n) is 10.3. The smallest absolute Gasteiger partial charge is 0.110 e. The largest absolute Gasteiger partial charge is 0.342 e. The van der Waals surface area contributed by atoms with E-state index in [1.54, 1.807) is 0 Å². The number of aromatic nitrogens is 2. The zero-order chi connectivity index (χ0) is 12.5. The fraction of sp³-hybridized carbons (Fsp3) is 0.500. The molecule has 18 heavy (non-hydrogen) atoms. The molecule has 1 heterocycles. The number of aromatic amines is 1. The fourth-order valence-corrected chi connectivity index (χ4v) is 3.23. The minimum atomic E-state index is 0.582. The van der Waals surface area contributed by atoms with Gasteiger partial charge in [-0.3, -0.25) is 0 Å². The molecule has 1 aliphatic rings. The van der Waals surface area contributed by atoms with Crippen molar-refractivity contribution in [2.24, 2.45) is 11.7 Å². The normalized spacial score (nSPS) is 24.6. The van der Waals surface area contributed by atoms with Crippen LogP contribution in [-0.4, -0.2) is 16.5 Å². The van der Waals surface area contributed by atoms with Crippen LogP contribution in [0.3, 0.4) is 0 Å². The molecule has 3 N–H and O–H groups in total. The summed E-state index contributed by atoms with van der Waals surface area (Å²) < 4.78 is 1.09. The van der Waals surface area contributed by atoms with E-state index in [9.17, 15) is 0 Å². The average molecular weight is 308 g/mol. The molecule has 1 aromatic carbocycles. The second kappa shape index (κ2) is 5.02. The maximum Gasteiger partial charge on any atom is 0.110 e. The van der Waals surface area contributed by atoms with Gasteiger partial charge in [-0.05, 0) is 56.3 Å². The Morgan fingerprint density at radius 1 is 1.28 bits per heavy atom. The summed E-state index contributed by atoms with van der Waals surface area (Å²) in [5.74, 6) is 2.46. The topological polar surface area (TPSA) is 54.7 Å². The van der Waals surface area contributed by atoms with Crippen LogP contribution in [0.15, 0.2) is 22.7 Å². The first-order valence-electron chi connectivity index (χ1n) is 6.61. The molecule has 0 unspecified atom stereocenters. The molecule has 1 saturated carbocycles. The van der Waals surface area contributed by atoms with Crippen molar-refractivity contribution in [2.45, 2.75) is 31.6 Å². The van der Waals surface area contributed by atoms with Gasteiger partial charge in [0.25, 0.3) is 0 Å². The van der Waals surface area contributed by atoms with Crippen molar-refractivity contribution in [1.29, 1.82) is 0 Å². The molecular formula is C14H18BrN3. The first-order chi connectivity index (χ1) is 8.76. The second-order valence-electron chi connectivity index (χ2n) is 5.24. The Morgan fingerprint density at radius 3 is 2.78 bits per heavy atom. The van der Waals surface area contributed by atoms with Gasteiger partial charge in [0.1, 0.15) is 5.82 Å². The highest BCUT2D eigenvalue weighted by atomic mass is 79.9. The Bertz CT molecular complexity index is 541.